The van der Waals surface area contributed by atoms with Gasteiger partial charge in [0.2, 0.25) is 0 Å². The Balaban J connectivity index is 1.63. The first-order valence-corrected chi connectivity index (χ1v) is 10.7. The Morgan fingerprint density at radius 3 is 3.00 bits per heavy atom. The van der Waals surface area contributed by atoms with Crippen molar-refractivity contribution < 1.29 is 0 Å². The van der Waals surface area contributed by atoms with Gasteiger partial charge in [0, 0.05) is 16.8 Å². The summed E-state index contributed by atoms with van der Waals surface area (Å²) in [5.74, 6) is 0. The van der Waals surface area contributed by atoms with Crippen LogP contribution in [0.2, 0.25) is 0 Å². The van der Waals surface area contributed by atoms with Crippen LogP contribution in [-0.4, -0.2) is 19.5 Å². The number of fused-ring (bicyclic) bond motifs is 4. The van der Waals surface area contributed by atoms with Crippen LogP contribution in [0.3, 0.4) is 0 Å². The van der Waals surface area contributed by atoms with E-state index in [0.717, 1.165) is 38.9 Å². The first kappa shape index (κ1) is 16.7. The average Bonchev–Trinajstić information content (AvgIpc) is 3.24. The fraction of sp³-hybridized carbons (Fsp3) is 0.300. The molecule has 4 aromatic rings. The largest absolute Gasteiger partial charge is 0.318 e. The predicted molar refractivity (Wildman–Crippen MR) is 108 cm³/mol. The van der Waals surface area contributed by atoms with Gasteiger partial charge < -0.3 is 4.57 Å². The second-order valence-electron chi connectivity index (χ2n) is 6.61. The van der Waals surface area contributed by atoms with Gasteiger partial charge in [-0.15, -0.1) is 11.3 Å². The lowest BCUT2D eigenvalue weighted by molar-refractivity contribution is 0.666. The van der Waals surface area contributed by atoms with Gasteiger partial charge >= 0.3 is 0 Å². The number of para-hydroxylation sites is 2. The maximum absolute atomic E-state index is 9.05. The molecule has 134 valence electrons. The van der Waals surface area contributed by atoms with Crippen LogP contribution in [0.15, 0.2) is 40.8 Å². The molecule has 1 aliphatic carbocycles. The lowest BCUT2D eigenvalue weighted by Gasteiger charge is -2.11. The van der Waals surface area contributed by atoms with E-state index in [2.05, 4.69) is 26.7 Å². The van der Waals surface area contributed by atoms with E-state index in [1.165, 1.54) is 28.7 Å². The highest BCUT2D eigenvalue weighted by Gasteiger charge is 2.21. The van der Waals surface area contributed by atoms with Crippen molar-refractivity contribution in [2.45, 2.75) is 48.8 Å². The number of hydrogen-bond acceptors (Lipinski definition) is 6. The Bertz CT molecular complexity index is 1180. The zero-order valence-electron chi connectivity index (χ0n) is 14.7. The Labute approximate surface area is 165 Å². The van der Waals surface area contributed by atoms with Crippen molar-refractivity contribution in [3.8, 4) is 6.07 Å². The zero-order chi connectivity index (χ0) is 18.2. The van der Waals surface area contributed by atoms with Crippen LogP contribution in [0, 0.1) is 11.3 Å². The normalized spacial score (nSPS) is 13.7. The Kier molecular flexibility index (Phi) is 4.30. The van der Waals surface area contributed by atoms with Crippen molar-refractivity contribution in [3.63, 3.8) is 0 Å². The molecule has 0 amide bonds. The minimum atomic E-state index is 0.459. The van der Waals surface area contributed by atoms with Crippen molar-refractivity contribution in [2.24, 2.45) is 0 Å². The first-order chi connectivity index (χ1) is 13.3. The molecule has 0 radical (unpaired) electrons. The standard InChI is InChI=1S/C20H17N5S2/c21-10-5-11-25-15-8-3-2-7-14(15)24-20(25)27-19-17-13-6-1-4-9-16(13)26-18(17)22-12-23-19/h2-3,7-8,12H,1,4-6,9,11H2. The van der Waals surface area contributed by atoms with Crippen LogP contribution >= 0.6 is 23.1 Å². The molecule has 0 N–H and O–H groups in total. The molecule has 0 bridgehead atoms. The van der Waals surface area contributed by atoms with E-state index in [0.29, 0.717) is 13.0 Å². The molecule has 5 nitrogen and oxygen atoms in total. The Hall–Kier alpha value is -2.43. The number of aromatic nitrogens is 4. The fourth-order valence-corrected chi connectivity index (χ4v) is 6.07. The van der Waals surface area contributed by atoms with Gasteiger partial charge in [-0.05, 0) is 55.1 Å². The van der Waals surface area contributed by atoms with Crippen LogP contribution in [0.4, 0.5) is 0 Å². The molecule has 1 aliphatic rings. The number of imidazole rings is 1. The zero-order valence-corrected chi connectivity index (χ0v) is 16.3. The van der Waals surface area contributed by atoms with Crippen LogP contribution in [0.25, 0.3) is 21.3 Å². The summed E-state index contributed by atoms with van der Waals surface area (Å²) in [7, 11) is 0. The monoisotopic (exact) mass is 391 g/mol. The molecule has 0 fully saturated rings. The van der Waals surface area contributed by atoms with E-state index in [1.807, 2.05) is 29.5 Å². The fourth-order valence-electron chi connectivity index (χ4n) is 3.73. The number of nitriles is 1. The molecule has 3 heterocycles. The number of aryl methyl sites for hydroxylation is 3. The van der Waals surface area contributed by atoms with Crippen LogP contribution < -0.4 is 0 Å². The van der Waals surface area contributed by atoms with Crippen molar-refractivity contribution >= 4 is 44.3 Å². The lowest BCUT2D eigenvalue weighted by Crippen LogP contribution is -2.01. The van der Waals surface area contributed by atoms with Gasteiger partial charge in [-0.3, -0.25) is 0 Å². The number of nitrogens with zero attached hydrogens (tertiary/aromatic N) is 5. The van der Waals surface area contributed by atoms with Crippen LogP contribution in [-0.2, 0) is 19.4 Å². The van der Waals surface area contributed by atoms with Crippen molar-refractivity contribution in [3.05, 3.63) is 41.0 Å². The summed E-state index contributed by atoms with van der Waals surface area (Å²) in [6.07, 6.45) is 6.89. The Morgan fingerprint density at radius 1 is 1.19 bits per heavy atom. The molecule has 0 atom stereocenters. The van der Waals surface area contributed by atoms with Gasteiger partial charge in [0.05, 0.1) is 23.5 Å². The number of thiophene rings is 1. The summed E-state index contributed by atoms with van der Waals surface area (Å²) >= 11 is 3.41. The smallest absolute Gasteiger partial charge is 0.175 e. The third-order valence-electron chi connectivity index (χ3n) is 4.97. The first-order valence-electron chi connectivity index (χ1n) is 9.10. The van der Waals surface area contributed by atoms with E-state index in [-0.39, 0.29) is 0 Å². The van der Waals surface area contributed by atoms with Crippen molar-refractivity contribution in [2.75, 3.05) is 0 Å². The molecule has 0 unspecified atom stereocenters. The van der Waals surface area contributed by atoms with E-state index < -0.39 is 0 Å². The van der Waals surface area contributed by atoms with Crippen molar-refractivity contribution in [1.82, 2.24) is 19.5 Å². The molecule has 0 aliphatic heterocycles. The third kappa shape index (κ3) is 2.89. The topological polar surface area (TPSA) is 67.4 Å². The average molecular weight is 392 g/mol. The molecule has 27 heavy (non-hydrogen) atoms. The van der Waals surface area contributed by atoms with E-state index >= 15 is 0 Å². The van der Waals surface area contributed by atoms with Gasteiger partial charge in [-0.25, -0.2) is 15.0 Å². The third-order valence-corrected chi connectivity index (χ3v) is 7.17. The summed E-state index contributed by atoms with van der Waals surface area (Å²) in [4.78, 5) is 16.5. The predicted octanol–water partition coefficient (Wildman–Crippen LogP) is 4.98. The van der Waals surface area contributed by atoms with E-state index in [9.17, 15) is 0 Å². The second kappa shape index (κ2) is 6.95. The van der Waals surface area contributed by atoms with Gasteiger partial charge in [-0.2, -0.15) is 5.26 Å². The minimum Gasteiger partial charge on any atom is -0.318 e. The molecule has 1 aromatic carbocycles. The molecule has 5 rings (SSSR count). The van der Waals surface area contributed by atoms with E-state index in [1.54, 1.807) is 18.1 Å². The molecular formula is C20H17N5S2. The van der Waals surface area contributed by atoms with Crippen molar-refractivity contribution in [1.29, 1.82) is 5.26 Å². The molecule has 7 heteroatoms. The lowest BCUT2D eigenvalue weighted by atomic mass is 9.97. The summed E-state index contributed by atoms with van der Waals surface area (Å²) in [6.45, 7) is 0.634. The van der Waals surface area contributed by atoms with Gasteiger partial charge in [0.1, 0.15) is 16.2 Å². The van der Waals surface area contributed by atoms with Gasteiger partial charge in [-0.1, -0.05) is 12.1 Å². The number of rotatable bonds is 4. The number of benzene rings is 1. The Morgan fingerprint density at radius 2 is 2.07 bits per heavy atom. The van der Waals surface area contributed by atoms with Gasteiger partial charge in [0.25, 0.3) is 0 Å². The maximum atomic E-state index is 9.05. The molecular weight excluding hydrogens is 374 g/mol. The maximum Gasteiger partial charge on any atom is 0.175 e. The second-order valence-corrected chi connectivity index (χ2v) is 8.65. The summed E-state index contributed by atoms with van der Waals surface area (Å²) in [5, 5.41) is 12.1. The molecule has 0 saturated heterocycles. The molecule has 0 spiro atoms. The van der Waals surface area contributed by atoms with Crippen LogP contribution in [0.1, 0.15) is 29.7 Å². The SMILES string of the molecule is N#CCCn1c(Sc2ncnc3sc4c(c23)CCCC4)nc2ccccc21. The summed E-state index contributed by atoms with van der Waals surface area (Å²) in [5.41, 5.74) is 3.45. The quantitative estimate of drug-likeness (QED) is 0.459. The van der Waals surface area contributed by atoms with Crippen LogP contribution in [0.5, 0.6) is 0 Å². The number of hydrogen-bond donors (Lipinski definition) is 0. The molecule has 0 saturated carbocycles. The summed E-state index contributed by atoms with van der Waals surface area (Å²) in [6, 6.07) is 10.3. The minimum absolute atomic E-state index is 0.459. The highest BCUT2D eigenvalue weighted by atomic mass is 32.2. The molecule has 3 aromatic heterocycles. The summed E-state index contributed by atoms with van der Waals surface area (Å²) < 4.78 is 2.13. The van der Waals surface area contributed by atoms with Gasteiger partial charge in [0.15, 0.2) is 5.16 Å². The van der Waals surface area contributed by atoms with E-state index in [4.69, 9.17) is 10.2 Å². The highest BCUT2D eigenvalue weighted by molar-refractivity contribution is 7.99. The highest BCUT2D eigenvalue weighted by Crippen LogP contribution is 2.41.